The van der Waals surface area contributed by atoms with Gasteiger partial charge in [0.25, 0.3) is 10.0 Å². The molecule has 0 atom stereocenters. The Kier molecular flexibility index (Phi) is 7.55. The molecule has 0 saturated carbocycles. The molecule has 2 aromatic rings. The summed E-state index contributed by atoms with van der Waals surface area (Å²) < 4.78 is 29.5. The highest BCUT2D eigenvalue weighted by Crippen LogP contribution is 2.27. The van der Waals surface area contributed by atoms with Gasteiger partial charge in [-0.15, -0.1) is 4.83 Å². The summed E-state index contributed by atoms with van der Waals surface area (Å²) in [4.78, 5) is 13.8. The first-order chi connectivity index (χ1) is 12.3. The van der Waals surface area contributed by atoms with Crippen molar-refractivity contribution in [2.45, 2.75) is 17.7 Å². The minimum atomic E-state index is -3.86. The van der Waals surface area contributed by atoms with Gasteiger partial charge in [0.1, 0.15) is 5.75 Å². The summed E-state index contributed by atoms with van der Waals surface area (Å²) in [5.74, 6) is -0.0340. The van der Waals surface area contributed by atoms with Crippen LogP contribution in [-0.2, 0) is 14.8 Å². The van der Waals surface area contributed by atoms with E-state index in [0.717, 1.165) is 0 Å². The molecule has 1 amide bonds. The molecule has 0 aliphatic heterocycles. The van der Waals surface area contributed by atoms with Crippen LogP contribution in [0.1, 0.15) is 12.8 Å². The number of hydrazine groups is 1. The van der Waals surface area contributed by atoms with Crippen molar-refractivity contribution in [1.82, 2.24) is 10.3 Å². The molecule has 0 aromatic heterocycles. The molecule has 0 fully saturated rings. The Morgan fingerprint density at radius 3 is 2.31 bits per heavy atom. The first kappa shape index (κ1) is 20.8. The zero-order valence-electron chi connectivity index (χ0n) is 13.3. The van der Waals surface area contributed by atoms with Gasteiger partial charge in [0, 0.05) is 16.5 Å². The van der Waals surface area contributed by atoms with Crippen LogP contribution in [0, 0.1) is 0 Å². The minimum Gasteiger partial charge on any atom is -0.492 e. The largest absolute Gasteiger partial charge is 0.492 e. The molecular weight excluding hydrogens is 423 g/mol. The number of sulfonamides is 1. The van der Waals surface area contributed by atoms with Crippen molar-refractivity contribution < 1.29 is 17.9 Å². The number of amides is 1. The van der Waals surface area contributed by atoms with Gasteiger partial charge >= 0.3 is 0 Å². The smallest absolute Gasteiger partial charge is 0.257 e. The summed E-state index contributed by atoms with van der Waals surface area (Å²) in [5.41, 5.74) is 2.14. The summed E-state index contributed by atoms with van der Waals surface area (Å²) in [7, 11) is -3.86. The van der Waals surface area contributed by atoms with E-state index >= 15 is 0 Å². The van der Waals surface area contributed by atoms with Crippen LogP contribution >= 0.6 is 34.8 Å². The number of ether oxygens (including phenoxy) is 1. The van der Waals surface area contributed by atoms with E-state index in [2.05, 4.69) is 5.43 Å². The third kappa shape index (κ3) is 6.34. The van der Waals surface area contributed by atoms with Crippen LogP contribution in [-0.4, -0.2) is 20.9 Å². The Labute approximate surface area is 166 Å². The van der Waals surface area contributed by atoms with Gasteiger partial charge in [0.05, 0.1) is 16.5 Å². The van der Waals surface area contributed by atoms with E-state index in [1.54, 1.807) is 18.2 Å². The molecular formula is C16H15Cl3N2O4S. The molecule has 0 heterocycles. The summed E-state index contributed by atoms with van der Waals surface area (Å²) in [6, 6.07) is 10.4. The number of carbonyl (C=O) groups is 1. The van der Waals surface area contributed by atoms with Gasteiger partial charge in [0.2, 0.25) is 5.91 Å². The van der Waals surface area contributed by atoms with Crippen LogP contribution < -0.4 is 15.0 Å². The van der Waals surface area contributed by atoms with Gasteiger partial charge in [0.15, 0.2) is 0 Å². The molecule has 10 heteroatoms. The predicted molar refractivity (Wildman–Crippen MR) is 101 cm³/mol. The average molecular weight is 438 g/mol. The van der Waals surface area contributed by atoms with Crippen molar-refractivity contribution in [3.63, 3.8) is 0 Å². The molecule has 0 radical (unpaired) electrons. The van der Waals surface area contributed by atoms with Crippen molar-refractivity contribution in [2.75, 3.05) is 6.61 Å². The Balaban J connectivity index is 1.74. The van der Waals surface area contributed by atoms with E-state index in [9.17, 15) is 13.2 Å². The lowest BCUT2D eigenvalue weighted by Gasteiger charge is -2.10. The number of nitrogens with one attached hydrogen (secondary N) is 2. The van der Waals surface area contributed by atoms with Crippen LogP contribution in [0.5, 0.6) is 5.75 Å². The first-order valence-electron chi connectivity index (χ1n) is 7.42. The van der Waals surface area contributed by atoms with Crippen LogP contribution in [0.3, 0.4) is 0 Å². The minimum absolute atomic E-state index is 0.0112. The number of carbonyl (C=O) groups excluding carboxylic acids is 1. The summed E-state index contributed by atoms with van der Waals surface area (Å²) in [6.45, 7) is 0.235. The van der Waals surface area contributed by atoms with Crippen molar-refractivity contribution in [3.8, 4) is 5.75 Å². The fraction of sp³-hybridized carbons (Fsp3) is 0.188. The average Bonchev–Trinajstić information content (AvgIpc) is 2.59. The van der Waals surface area contributed by atoms with Crippen LogP contribution in [0.15, 0.2) is 47.4 Å². The quantitative estimate of drug-likeness (QED) is 0.486. The lowest BCUT2D eigenvalue weighted by Crippen LogP contribution is -2.41. The topological polar surface area (TPSA) is 84.5 Å². The molecule has 0 unspecified atom stereocenters. The van der Waals surface area contributed by atoms with Crippen LogP contribution in [0.2, 0.25) is 15.1 Å². The Hall–Kier alpha value is -1.51. The summed E-state index contributed by atoms with van der Waals surface area (Å²) in [5, 5.41) is 1.28. The fourth-order valence-electron chi connectivity index (χ4n) is 1.87. The Morgan fingerprint density at radius 1 is 1.00 bits per heavy atom. The molecule has 0 aliphatic rings. The molecule has 0 aliphatic carbocycles. The molecule has 2 N–H and O–H groups in total. The number of halogens is 3. The highest BCUT2D eigenvalue weighted by Gasteiger charge is 2.14. The second-order valence-electron chi connectivity index (χ2n) is 5.13. The third-order valence-electron chi connectivity index (χ3n) is 3.15. The van der Waals surface area contributed by atoms with Crippen LogP contribution in [0.25, 0.3) is 0 Å². The van der Waals surface area contributed by atoms with Crippen LogP contribution in [0.4, 0.5) is 0 Å². The van der Waals surface area contributed by atoms with Crippen molar-refractivity contribution in [3.05, 3.63) is 57.5 Å². The standard InChI is InChI=1S/C16H15Cl3N2O4S/c17-11-3-6-13(7-4-11)26(23,24)21-20-16(22)2-1-9-25-15-8-5-12(18)10-14(15)19/h3-8,10,21H,1-2,9H2,(H,20,22). The molecule has 6 nitrogen and oxygen atoms in total. The lowest BCUT2D eigenvalue weighted by molar-refractivity contribution is -0.121. The molecule has 0 bridgehead atoms. The highest BCUT2D eigenvalue weighted by atomic mass is 35.5. The van der Waals surface area contributed by atoms with Gasteiger partial charge in [-0.2, -0.15) is 0 Å². The zero-order chi connectivity index (χ0) is 19.2. The third-order valence-corrected chi connectivity index (χ3v) is 5.19. The maximum absolute atomic E-state index is 12.0. The van der Waals surface area contributed by atoms with E-state index in [-0.39, 0.29) is 17.9 Å². The van der Waals surface area contributed by atoms with E-state index in [4.69, 9.17) is 39.5 Å². The molecule has 2 rings (SSSR count). The number of hydrogen-bond donors (Lipinski definition) is 2. The second-order valence-corrected chi connectivity index (χ2v) is 8.10. The molecule has 2 aromatic carbocycles. The summed E-state index contributed by atoms with van der Waals surface area (Å²) in [6.07, 6.45) is 0.432. The molecule has 140 valence electrons. The van der Waals surface area contributed by atoms with E-state index in [0.29, 0.717) is 27.2 Å². The van der Waals surface area contributed by atoms with Gasteiger partial charge in [-0.3, -0.25) is 10.2 Å². The van der Waals surface area contributed by atoms with Gasteiger partial charge < -0.3 is 4.74 Å². The van der Waals surface area contributed by atoms with E-state index < -0.39 is 15.9 Å². The van der Waals surface area contributed by atoms with Crippen molar-refractivity contribution in [2.24, 2.45) is 0 Å². The number of hydrogen-bond acceptors (Lipinski definition) is 4. The van der Waals surface area contributed by atoms with E-state index in [1.165, 1.54) is 24.3 Å². The maximum Gasteiger partial charge on any atom is 0.257 e. The molecule has 0 spiro atoms. The predicted octanol–water partition coefficient (Wildman–Crippen LogP) is 3.82. The second kappa shape index (κ2) is 9.43. The summed E-state index contributed by atoms with van der Waals surface area (Å²) >= 11 is 17.5. The van der Waals surface area contributed by atoms with Gasteiger partial charge in [-0.05, 0) is 48.9 Å². The molecule has 26 heavy (non-hydrogen) atoms. The number of benzene rings is 2. The lowest BCUT2D eigenvalue weighted by atomic mass is 10.3. The maximum atomic E-state index is 12.0. The fourth-order valence-corrected chi connectivity index (χ4v) is 3.32. The molecule has 0 saturated heterocycles. The Morgan fingerprint density at radius 2 is 1.65 bits per heavy atom. The highest BCUT2D eigenvalue weighted by molar-refractivity contribution is 7.89. The Bertz CT molecular complexity index is 874. The SMILES string of the molecule is O=C(CCCOc1ccc(Cl)cc1Cl)NNS(=O)(=O)c1ccc(Cl)cc1. The normalized spacial score (nSPS) is 11.2. The van der Waals surface area contributed by atoms with Crippen molar-refractivity contribution >= 4 is 50.7 Å². The van der Waals surface area contributed by atoms with E-state index in [1.807, 2.05) is 4.83 Å². The first-order valence-corrected chi connectivity index (χ1v) is 10.0. The van der Waals surface area contributed by atoms with Gasteiger partial charge in [-0.1, -0.05) is 34.8 Å². The zero-order valence-corrected chi connectivity index (χ0v) is 16.4. The monoisotopic (exact) mass is 436 g/mol. The van der Waals surface area contributed by atoms with Crippen molar-refractivity contribution in [1.29, 1.82) is 0 Å². The number of rotatable bonds is 8. The van der Waals surface area contributed by atoms with Gasteiger partial charge in [-0.25, -0.2) is 8.42 Å².